The molecule has 1 amide bonds. The van der Waals surface area contributed by atoms with Crippen LogP contribution in [0, 0.1) is 5.92 Å². The number of benzene rings is 1. The molecule has 1 aliphatic heterocycles. The Balaban J connectivity index is 2.00. The van der Waals surface area contributed by atoms with Crippen molar-refractivity contribution in [2.75, 3.05) is 17.2 Å². The third kappa shape index (κ3) is 2.05. The Morgan fingerprint density at radius 1 is 1.21 bits per heavy atom. The van der Waals surface area contributed by atoms with Crippen molar-refractivity contribution in [3.8, 4) is 0 Å². The number of carbonyl (C=O) groups is 1. The Morgan fingerprint density at radius 3 is 2.79 bits per heavy atom. The number of nitrogen functional groups attached to an aromatic ring is 1. The maximum Gasteiger partial charge on any atom is 0.250 e. The van der Waals surface area contributed by atoms with Gasteiger partial charge >= 0.3 is 0 Å². The maximum absolute atomic E-state index is 11.6. The van der Waals surface area contributed by atoms with E-state index in [-0.39, 0.29) is 5.91 Å². The lowest BCUT2D eigenvalue weighted by Crippen LogP contribution is -2.36. The molecular weight excluding hydrogens is 238 g/mol. The van der Waals surface area contributed by atoms with Gasteiger partial charge in [-0.1, -0.05) is 18.9 Å². The van der Waals surface area contributed by atoms with Crippen LogP contribution >= 0.6 is 0 Å². The Kier molecular flexibility index (Phi) is 3.09. The van der Waals surface area contributed by atoms with Gasteiger partial charge in [0.05, 0.1) is 16.9 Å². The summed E-state index contributed by atoms with van der Waals surface area (Å²) in [5, 5.41) is 0. The standard InChI is InChI=1S/C15H21N3O/c16-12-6-3-5-11(15(17)19)14(12)18-9-8-10-4-1-2-7-13(10)18/h3,5-6,10,13H,1-2,4,7-9,16H2,(H2,17,19). The second-order valence-corrected chi connectivity index (χ2v) is 5.70. The second-order valence-electron chi connectivity index (χ2n) is 5.70. The molecule has 102 valence electrons. The fourth-order valence-electron chi connectivity index (χ4n) is 3.76. The number of hydrogen-bond donors (Lipinski definition) is 2. The molecule has 1 saturated heterocycles. The van der Waals surface area contributed by atoms with Gasteiger partial charge < -0.3 is 16.4 Å². The zero-order chi connectivity index (χ0) is 13.4. The Morgan fingerprint density at radius 2 is 2.00 bits per heavy atom. The largest absolute Gasteiger partial charge is 0.397 e. The minimum atomic E-state index is -0.387. The summed E-state index contributed by atoms with van der Waals surface area (Å²) in [5.41, 5.74) is 13.7. The van der Waals surface area contributed by atoms with E-state index in [1.54, 1.807) is 12.1 Å². The fourth-order valence-corrected chi connectivity index (χ4v) is 3.76. The molecule has 1 aromatic rings. The molecule has 2 atom stereocenters. The number of nitrogens with zero attached hydrogens (tertiary/aromatic N) is 1. The molecule has 4 heteroatoms. The van der Waals surface area contributed by atoms with Crippen LogP contribution in [0.3, 0.4) is 0 Å². The average Bonchev–Trinajstić information content (AvgIpc) is 2.82. The first-order chi connectivity index (χ1) is 9.18. The van der Waals surface area contributed by atoms with Crippen molar-refractivity contribution in [3.63, 3.8) is 0 Å². The monoisotopic (exact) mass is 259 g/mol. The van der Waals surface area contributed by atoms with Crippen molar-refractivity contribution in [2.24, 2.45) is 11.7 Å². The highest BCUT2D eigenvalue weighted by atomic mass is 16.1. The van der Waals surface area contributed by atoms with Gasteiger partial charge in [0.1, 0.15) is 0 Å². The van der Waals surface area contributed by atoms with E-state index in [1.807, 2.05) is 6.07 Å². The second kappa shape index (κ2) is 4.76. The number of rotatable bonds is 2. The van der Waals surface area contributed by atoms with Crippen LogP contribution in [0.4, 0.5) is 11.4 Å². The van der Waals surface area contributed by atoms with Gasteiger partial charge in [0, 0.05) is 12.6 Å². The van der Waals surface area contributed by atoms with Gasteiger partial charge in [-0.3, -0.25) is 4.79 Å². The minimum absolute atomic E-state index is 0.387. The van der Waals surface area contributed by atoms with Crippen LogP contribution < -0.4 is 16.4 Å². The Hall–Kier alpha value is -1.71. The predicted molar refractivity (Wildman–Crippen MR) is 77.1 cm³/mol. The summed E-state index contributed by atoms with van der Waals surface area (Å²) in [4.78, 5) is 14.0. The summed E-state index contributed by atoms with van der Waals surface area (Å²) in [6.45, 7) is 0.990. The molecule has 1 aromatic carbocycles. The highest BCUT2D eigenvalue weighted by Crippen LogP contribution is 2.41. The van der Waals surface area contributed by atoms with E-state index in [1.165, 1.54) is 32.1 Å². The Labute approximate surface area is 113 Å². The smallest absolute Gasteiger partial charge is 0.250 e. The molecule has 1 heterocycles. The van der Waals surface area contributed by atoms with E-state index in [0.29, 0.717) is 17.3 Å². The van der Waals surface area contributed by atoms with Crippen molar-refractivity contribution in [1.82, 2.24) is 0 Å². The van der Waals surface area contributed by atoms with Crippen LogP contribution in [0.2, 0.25) is 0 Å². The number of amides is 1. The number of hydrogen-bond acceptors (Lipinski definition) is 3. The maximum atomic E-state index is 11.6. The number of carbonyl (C=O) groups excluding carboxylic acids is 1. The molecule has 0 aromatic heterocycles. The highest BCUT2D eigenvalue weighted by molar-refractivity contribution is 6.01. The predicted octanol–water partition coefficient (Wildman–Crippen LogP) is 2.14. The first-order valence-corrected chi connectivity index (χ1v) is 7.13. The molecule has 2 fully saturated rings. The summed E-state index contributed by atoms with van der Waals surface area (Å²) in [6, 6.07) is 5.98. The Bertz CT molecular complexity index is 500. The van der Waals surface area contributed by atoms with E-state index in [9.17, 15) is 4.79 Å². The molecule has 2 unspecified atom stereocenters. The fraction of sp³-hybridized carbons (Fsp3) is 0.533. The number of anilines is 2. The lowest BCUT2D eigenvalue weighted by Gasteiger charge is -2.34. The molecule has 0 radical (unpaired) electrons. The zero-order valence-electron chi connectivity index (χ0n) is 11.1. The summed E-state index contributed by atoms with van der Waals surface area (Å²) in [6.07, 6.45) is 6.33. The number of para-hydroxylation sites is 1. The molecule has 19 heavy (non-hydrogen) atoms. The van der Waals surface area contributed by atoms with Gasteiger partial charge in [-0.2, -0.15) is 0 Å². The van der Waals surface area contributed by atoms with Gasteiger partial charge in [-0.05, 0) is 37.3 Å². The number of nitrogens with two attached hydrogens (primary N) is 2. The van der Waals surface area contributed by atoms with E-state index < -0.39 is 0 Å². The average molecular weight is 259 g/mol. The first kappa shape index (κ1) is 12.3. The van der Waals surface area contributed by atoms with Crippen molar-refractivity contribution < 1.29 is 4.79 Å². The molecule has 0 bridgehead atoms. The highest BCUT2D eigenvalue weighted by Gasteiger charge is 2.37. The first-order valence-electron chi connectivity index (χ1n) is 7.13. The molecular formula is C15H21N3O. The van der Waals surface area contributed by atoms with Gasteiger partial charge in [0.15, 0.2) is 0 Å². The van der Waals surface area contributed by atoms with Crippen LogP contribution in [-0.4, -0.2) is 18.5 Å². The molecule has 3 rings (SSSR count). The van der Waals surface area contributed by atoms with Crippen LogP contribution in [0.1, 0.15) is 42.5 Å². The van der Waals surface area contributed by atoms with Crippen LogP contribution in [-0.2, 0) is 0 Å². The van der Waals surface area contributed by atoms with Gasteiger partial charge in [-0.15, -0.1) is 0 Å². The van der Waals surface area contributed by atoms with Gasteiger partial charge in [-0.25, -0.2) is 0 Å². The summed E-state index contributed by atoms with van der Waals surface area (Å²) >= 11 is 0. The van der Waals surface area contributed by atoms with Crippen LogP contribution in [0.5, 0.6) is 0 Å². The SMILES string of the molecule is NC(=O)c1cccc(N)c1N1CCC2CCCCC21. The van der Waals surface area contributed by atoms with E-state index in [2.05, 4.69) is 4.90 Å². The molecule has 2 aliphatic rings. The zero-order valence-corrected chi connectivity index (χ0v) is 11.1. The molecule has 0 spiro atoms. The number of fused-ring (bicyclic) bond motifs is 1. The third-order valence-corrected chi connectivity index (χ3v) is 4.63. The van der Waals surface area contributed by atoms with Crippen molar-refractivity contribution >= 4 is 17.3 Å². The van der Waals surface area contributed by atoms with Gasteiger partial charge in [0.25, 0.3) is 5.91 Å². The van der Waals surface area contributed by atoms with E-state index >= 15 is 0 Å². The lowest BCUT2D eigenvalue weighted by molar-refractivity contribution is 0.100. The number of primary amides is 1. The molecule has 4 nitrogen and oxygen atoms in total. The quantitative estimate of drug-likeness (QED) is 0.799. The summed E-state index contributed by atoms with van der Waals surface area (Å²) in [7, 11) is 0. The third-order valence-electron chi connectivity index (χ3n) is 4.63. The molecule has 1 aliphatic carbocycles. The van der Waals surface area contributed by atoms with E-state index in [0.717, 1.165) is 18.2 Å². The van der Waals surface area contributed by atoms with Crippen molar-refractivity contribution in [1.29, 1.82) is 0 Å². The van der Waals surface area contributed by atoms with E-state index in [4.69, 9.17) is 11.5 Å². The van der Waals surface area contributed by atoms with Gasteiger partial charge in [0.2, 0.25) is 0 Å². The topological polar surface area (TPSA) is 72.3 Å². The summed E-state index contributed by atoms with van der Waals surface area (Å²) < 4.78 is 0. The van der Waals surface area contributed by atoms with Crippen molar-refractivity contribution in [2.45, 2.75) is 38.1 Å². The molecule has 1 saturated carbocycles. The minimum Gasteiger partial charge on any atom is -0.397 e. The molecule has 4 N–H and O–H groups in total. The van der Waals surface area contributed by atoms with Crippen molar-refractivity contribution in [3.05, 3.63) is 23.8 Å². The van der Waals surface area contributed by atoms with Crippen LogP contribution in [0.15, 0.2) is 18.2 Å². The van der Waals surface area contributed by atoms with Crippen LogP contribution in [0.25, 0.3) is 0 Å². The summed E-state index contributed by atoms with van der Waals surface area (Å²) in [5.74, 6) is 0.371. The lowest BCUT2D eigenvalue weighted by atomic mass is 9.85. The normalized spacial score (nSPS) is 26.2.